The van der Waals surface area contributed by atoms with Crippen molar-refractivity contribution in [2.45, 2.75) is 13.8 Å². The van der Waals surface area contributed by atoms with E-state index >= 15 is 0 Å². The van der Waals surface area contributed by atoms with Gasteiger partial charge in [0.15, 0.2) is 6.61 Å². The Hall–Kier alpha value is -3.65. The zero-order valence-corrected chi connectivity index (χ0v) is 18.3. The van der Waals surface area contributed by atoms with Crippen LogP contribution in [0.1, 0.15) is 11.3 Å². The van der Waals surface area contributed by atoms with Gasteiger partial charge in [-0.2, -0.15) is 9.78 Å². The molecule has 1 amide bonds. The quantitative estimate of drug-likeness (QED) is 0.459. The van der Waals surface area contributed by atoms with E-state index in [1.807, 2.05) is 67.8 Å². The normalized spacial score (nSPS) is 10.7. The first-order valence-electron chi connectivity index (χ1n) is 9.68. The number of benzene rings is 2. The SMILES string of the molecule is COc1cccc(-c2csc(-n3nc(C)cc3NC(=O)COc3ccc(C)cc3)n2)c1. The number of carbonyl (C=O) groups excluding carboxylic acids is 1. The summed E-state index contributed by atoms with van der Waals surface area (Å²) in [5.74, 6) is 1.68. The molecule has 0 aliphatic carbocycles. The van der Waals surface area contributed by atoms with E-state index in [0.29, 0.717) is 16.7 Å². The molecular formula is C23H22N4O3S. The lowest BCUT2D eigenvalue weighted by atomic mass is 10.2. The number of thiazole rings is 1. The Morgan fingerprint density at radius 2 is 1.90 bits per heavy atom. The number of methoxy groups -OCH3 is 1. The first-order valence-corrected chi connectivity index (χ1v) is 10.6. The van der Waals surface area contributed by atoms with Crippen molar-refractivity contribution >= 4 is 23.1 Å². The van der Waals surface area contributed by atoms with Crippen LogP contribution in [0.25, 0.3) is 16.4 Å². The average Bonchev–Trinajstić information content (AvgIpc) is 3.40. The molecule has 31 heavy (non-hydrogen) atoms. The Morgan fingerprint density at radius 1 is 1.10 bits per heavy atom. The molecule has 0 saturated carbocycles. The van der Waals surface area contributed by atoms with Crippen molar-refractivity contribution < 1.29 is 14.3 Å². The van der Waals surface area contributed by atoms with E-state index in [1.54, 1.807) is 17.9 Å². The fourth-order valence-corrected chi connectivity index (χ4v) is 3.77. The Kier molecular flexibility index (Phi) is 5.99. The van der Waals surface area contributed by atoms with Gasteiger partial charge in [-0.15, -0.1) is 11.3 Å². The van der Waals surface area contributed by atoms with Gasteiger partial charge in [0, 0.05) is 17.0 Å². The minimum Gasteiger partial charge on any atom is -0.497 e. The molecule has 7 nitrogen and oxygen atoms in total. The number of hydrogen-bond donors (Lipinski definition) is 1. The summed E-state index contributed by atoms with van der Waals surface area (Å²) in [5, 5.41) is 9.95. The number of rotatable bonds is 7. The molecule has 4 rings (SSSR count). The molecule has 8 heteroatoms. The number of nitrogens with zero attached hydrogens (tertiary/aromatic N) is 3. The van der Waals surface area contributed by atoms with E-state index in [9.17, 15) is 4.79 Å². The monoisotopic (exact) mass is 434 g/mol. The van der Waals surface area contributed by atoms with Gasteiger partial charge in [0.2, 0.25) is 5.13 Å². The van der Waals surface area contributed by atoms with Crippen LogP contribution in [0, 0.1) is 13.8 Å². The summed E-state index contributed by atoms with van der Waals surface area (Å²) in [6.45, 7) is 3.77. The third kappa shape index (κ3) is 4.92. The van der Waals surface area contributed by atoms with Gasteiger partial charge in [-0.1, -0.05) is 29.8 Å². The van der Waals surface area contributed by atoms with Crippen molar-refractivity contribution in [2.75, 3.05) is 19.0 Å². The van der Waals surface area contributed by atoms with Crippen LogP contribution in [0.3, 0.4) is 0 Å². The molecule has 4 aromatic rings. The number of anilines is 1. The lowest BCUT2D eigenvalue weighted by Gasteiger charge is -2.08. The minimum atomic E-state index is -0.272. The fraction of sp³-hybridized carbons (Fsp3) is 0.174. The molecule has 1 N–H and O–H groups in total. The minimum absolute atomic E-state index is 0.0970. The molecule has 158 valence electrons. The first kappa shape index (κ1) is 20.6. The second-order valence-electron chi connectivity index (χ2n) is 6.98. The Balaban J connectivity index is 1.49. The van der Waals surface area contributed by atoms with E-state index in [1.165, 1.54) is 11.3 Å². The van der Waals surface area contributed by atoms with Crippen LogP contribution in [-0.2, 0) is 4.79 Å². The molecule has 0 atom stereocenters. The summed E-state index contributed by atoms with van der Waals surface area (Å²) in [5.41, 5.74) is 3.66. The van der Waals surface area contributed by atoms with Crippen molar-refractivity contribution in [1.82, 2.24) is 14.8 Å². The van der Waals surface area contributed by atoms with Crippen LogP contribution >= 0.6 is 11.3 Å². The van der Waals surface area contributed by atoms with Gasteiger partial charge >= 0.3 is 0 Å². The maximum absolute atomic E-state index is 12.4. The van der Waals surface area contributed by atoms with Crippen LogP contribution in [0.5, 0.6) is 11.5 Å². The van der Waals surface area contributed by atoms with Crippen LogP contribution < -0.4 is 14.8 Å². The Morgan fingerprint density at radius 3 is 2.68 bits per heavy atom. The number of aromatic nitrogens is 3. The van der Waals surface area contributed by atoms with Crippen molar-refractivity contribution in [2.24, 2.45) is 0 Å². The highest BCUT2D eigenvalue weighted by Gasteiger charge is 2.15. The maximum atomic E-state index is 12.4. The van der Waals surface area contributed by atoms with E-state index in [4.69, 9.17) is 14.5 Å². The number of aryl methyl sites for hydroxylation is 2. The predicted molar refractivity (Wildman–Crippen MR) is 121 cm³/mol. The molecule has 0 radical (unpaired) electrons. The topological polar surface area (TPSA) is 78.3 Å². The lowest BCUT2D eigenvalue weighted by Crippen LogP contribution is -2.21. The molecule has 2 aromatic carbocycles. The van der Waals surface area contributed by atoms with Crippen molar-refractivity contribution in [1.29, 1.82) is 0 Å². The second kappa shape index (κ2) is 9.01. The predicted octanol–water partition coefficient (Wildman–Crippen LogP) is 4.64. The standard InChI is InChI=1S/C23H22N4O3S/c1-15-7-9-18(10-8-15)30-13-22(28)25-21-11-16(2)26-27(21)23-24-20(14-31-23)17-5-4-6-19(12-17)29-3/h4-12,14H,13H2,1-3H3,(H,25,28). The van der Waals surface area contributed by atoms with Crippen molar-refractivity contribution in [3.63, 3.8) is 0 Å². The number of nitrogens with one attached hydrogen (secondary N) is 1. The van der Waals surface area contributed by atoms with Gasteiger partial charge in [0.25, 0.3) is 5.91 Å². The highest BCUT2D eigenvalue weighted by atomic mass is 32.1. The second-order valence-corrected chi connectivity index (χ2v) is 7.82. The lowest BCUT2D eigenvalue weighted by molar-refractivity contribution is -0.118. The molecule has 0 unspecified atom stereocenters. The summed E-state index contributed by atoms with van der Waals surface area (Å²) < 4.78 is 12.5. The molecule has 0 bridgehead atoms. The van der Waals surface area contributed by atoms with E-state index in [0.717, 1.165) is 28.3 Å². The van der Waals surface area contributed by atoms with Crippen LogP contribution in [-0.4, -0.2) is 34.4 Å². The fourth-order valence-electron chi connectivity index (χ4n) is 2.97. The van der Waals surface area contributed by atoms with Gasteiger partial charge in [0.05, 0.1) is 18.5 Å². The highest BCUT2D eigenvalue weighted by molar-refractivity contribution is 7.12. The molecular weight excluding hydrogens is 412 g/mol. The average molecular weight is 435 g/mol. The van der Waals surface area contributed by atoms with Crippen LogP contribution in [0.2, 0.25) is 0 Å². The number of ether oxygens (including phenoxy) is 2. The van der Waals surface area contributed by atoms with Crippen molar-refractivity contribution in [3.8, 4) is 27.9 Å². The molecule has 0 aliphatic rings. The van der Waals surface area contributed by atoms with Gasteiger partial charge < -0.3 is 14.8 Å². The van der Waals surface area contributed by atoms with E-state index < -0.39 is 0 Å². The molecule has 2 heterocycles. The molecule has 2 aromatic heterocycles. The first-order chi connectivity index (χ1) is 15.0. The summed E-state index contributed by atoms with van der Waals surface area (Å²) >= 11 is 1.44. The summed E-state index contributed by atoms with van der Waals surface area (Å²) in [7, 11) is 1.63. The van der Waals surface area contributed by atoms with Gasteiger partial charge in [-0.25, -0.2) is 4.98 Å². The van der Waals surface area contributed by atoms with Crippen LogP contribution in [0.4, 0.5) is 5.82 Å². The Bertz CT molecular complexity index is 1200. The van der Waals surface area contributed by atoms with Crippen molar-refractivity contribution in [3.05, 3.63) is 71.2 Å². The third-order valence-electron chi connectivity index (χ3n) is 4.53. The van der Waals surface area contributed by atoms with E-state index in [-0.39, 0.29) is 12.5 Å². The zero-order valence-electron chi connectivity index (χ0n) is 17.5. The molecule has 0 aliphatic heterocycles. The van der Waals surface area contributed by atoms with Gasteiger partial charge in [0.1, 0.15) is 17.3 Å². The van der Waals surface area contributed by atoms with Gasteiger partial charge in [-0.3, -0.25) is 4.79 Å². The summed E-state index contributed by atoms with van der Waals surface area (Å²) in [6.07, 6.45) is 0. The van der Waals surface area contributed by atoms with Crippen LogP contribution in [0.15, 0.2) is 60.0 Å². The summed E-state index contributed by atoms with van der Waals surface area (Å²) in [4.78, 5) is 17.1. The zero-order chi connectivity index (χ0) is 21.8. The largest absolute Gasteiger partial charge is 0.497 e. The maximum Gasteiger partial charge on any atom is 0.263 e. The highest BCUT2D eigenvalue weighted by Crippen LogP contribution is 2.28. The smallest absolute Gasteiger partial charge is 0.263 e. The molecule has 0 saturated heterocycles. The molecule has 0 fully saturated rings. The van der Waals surface area contributed by atoms with E-state index in [2.05, 4.69) is 10.4 Å². The third-order valence-corrected chi connectivity index (χ3v) is 5.34. The summed E-state index contributed by atoms with van der Waals surface area (Å²) in [6, 6.07) is 17.1. The number of hydrogen-bond acceptors (Lipinski definition) is 6. The van der Waals surface area contributed by atoms with Gasteiger partial charge in [-0.05, 0) is 38.1 Å². The number of amides is 1. The molecule has 0 spiro atoms. The number of carbonyl (C=O) groups is 1. The Labute approximate surface area is 184 Å².